The third-order valence-electron chi connectivity index (χ3n) is 12.0. The lowest BCUT2D eigenvalue weighted by Crippen LogP contribution is -2.60. The lowest BCUT2D eigenvalue weighted by molar-refractivity contribution is -0.302. The standard InChI is InChI=1S/C56H97NO10/c1-3-5-7-9-11-13-15-16-17-18-21-24-28-32-36-40-44-52(61)65-45-41-37-33-29-25-22-19-20-23-27-31-35-39-43-51(60)57-48(47-66-56-55(64)54(63)53(62)50(46-58)67-56)49(59)42-38-34-30-26-14-12-10-8-6-4-2/h13-15,17-18,20,23,26,31,35,38,42,48-50,53-56,58-59,62-64H,3-12,16,19,21-22,24-25,27-30,32-34,36-37,39-41,43-47H2,1-2H3,(H,57,60)/b15-13-,18-17-,23-20-,26-14+,35-31-,42-38+. The number of rotatable bonds is 44. The number of allylic oxidation sites excluding steroid dienone is 11. The van der Waals surface area contributed by atoms with E-state index in [9.17, 15) is 35.1 Å². The van der Waals surface area contributed by atoms with Crippen molar-refractivity contribution in [2.75, 3.05) is 19.8 Å². The minimum Gasteiger partial charge on any atom is -0.466 e. The summed E-state index contributed by atoms with van der Waals surface area (Å²) in [4.78, 5) is 25.0. The van der Waals surface area contributed by atoms with Crippen molar-refractivity contribution < 1.29 is 49.3 Å². The predicted molar refractivity (Wildman–Crippen MR) is 273 cm³/mol. The summed E-state index contributed by atoms with van der Waals surface area (Å²) >= 11 is 0. The van der Waals surface area contributed by atoms with Gasteiger partial charge < -0.3 is 45.1 Å². The average molecular weight is 944 g/mol. The fourth-order valence-corrected chi connectivity index (χ4v) is 7.70. The Morgan fingerprint density at radius 1 is 0.552 bits per heavy atom. The summed E-state index contributed by atoms with van der Waals surface area (Å²) in [5, 5.41) is 54.0. The Morgan fingerprint density at radius 3 is 1.60 bits per heavy atom. The molecule has 0 spiro atoms. The summed E-state index contributed by atoms with van der Waals surface area (Å²) in [5.41, 5.74) is 0. The van der Waals surface area contributed by atoms with Gasteiger partial charge in [-0.05, 0) is 96.3 Å². The van der Waals surface area contributed by atoms with Crippen molar-refractivity contribution in [3.05, 3.63) is 72.9 Å². The zero-order chi connectivity index (χ0) is 48.8. The molecule has 11 nitrogen and oxygen atoms in total. The van der Waals surface area contributed by atoms with E-state index in [1.807, 2.05) is 18.2 Å². The van der Waals surface area contributed by atoms with Gasteiger partial charge in [-0.1, -0.05) is 170 Å². The van der Waals surface area contributed by atoms with E-state index in [1.54, 1.807) is 6.08 Å². The van der Waals surface area contributed by atoms with Gasteiger partial charge in [0.05, 0.1) is 32.0 Å². The second-order valence-corrected chi connectivity index (χ2v) is 18.2. The van der Waals surface area contributed by atoms with Gasteiger partial charge in [-0.3, -0.25) is 9.59 Å². The van der Waals surface area contributed by atoms with Crippen LogP contribution in [0.1, 0.15) is 206 Å². The van der Waals surface area contributed by atoms with E-state index in [-0.39, 0.29) is 24.9 Å². The number of nitrogens with one attached hydrogen (secondary N) is 1. The first-order valence-electron chi connectivity index (χ1n) is 26.7. The number of aliphatic hydroxyl groups excluding tert-OH is 5. The fraction of sp³-hybridized carbons (Fsp3) is 0.750. The quantitative estimate of drug-likeness (QED) is 0.0196. The summed E-state index contributed by atoms with van der Waals surface area (Å²) in [7, 11) is 0. The van der Waals surface area contributed by atoms with Crippen molar-refractivity contribution in [1.82, 2.24) is 5.32 Å². The van der Waals surface area contributed by atoms with Crippen LogP contribution < -0.4 is 5.32 Å². The maximum absolute atomic E-state index is 12.9. The molecule has 6 N–H and O–H groups in total. The average Bonchev–Trinajstić information content (AvgIpc) is 3.32. The molecule has 0 bridgehead atoms. The molecule has 0 aromatic rings. The molecule has 0 aromatic carbocycles. The Morgan fingerprint density at radius 2 is 1.03 bits per heavy atom. The predicted octanol–water partition coefficient (Wildman–Crippen LogP) is 11.3. The fourth-order valence-electron chi connectivity index (χ4n) is 7.70. The van der Waals surface area contributed by atoms with Gasteiger partial charge in [-0.25, -0.2) is 0 Å². The topological polar surface area (TPSA) is 175 Å². The first kappa shape index (κ1) is 62.1. The summed E-state index contributed by atoms with van der Waals surface area (Å²) < 4.78 is 16.6. The lowest BCUT2D eigenvalue weighted by Gasteiger charge is -2.40. The Labute approximate surface area is 407 Å². The highest BCUT2D eigenvalue weighted by Gasteiger charge is 2.44. The van der Waals surface area contributed by atoms with Crippen LogP contribution in [0.2, 0.25) is 0 Å². The van der Waals surface area contributed by atoms with Crippen molar-refractivity contribution in [1.29, 1.82) is 0 Å². The molecule has 1 rings (SSSR count). The number of amides is 1. The van der Waals surface area contributed by atoms with Crippen LogP contribution in [0.3, 0.4) is 0 Å². The number of aliphatic hydroxyl groups is 5. The van der Waals surface area contributed by atoms with Crippen LogP contribution in [0.5, 0.6) is 0 Å². The van der Waals surface area contributed by atoms with E-state index in [2.05, 4.69) is 67.8 Å². The highest BCUT2D eigenvalue weighted by Crippen LogP contribution is 2.22. The Bertz CT molecular complexity index is 1340. The van der Waals surface area contributed by atoms with Crippen LogP contribution >= 0.6 is 0 Å². The minimum atomic E-state index is -1.59. The van der Waals surface area contributed by atoms with Crippen molar-refractivity contribution in [3.8, 4) is 0 Å². The van der Waals surface area contributed by atoms with Crippen LogP contribution in [0.15, 0.2) is 72.9 Å². The molecule has 11 heteroatoms. The van der Waals surface area contributed by atoms with Gasteiger partial charge in [0.25, 0.3) is 0 Å². The normalized spacial score (nSPS) is 20.1. The van der Waals surface area contributed by atoms with E-state index >= 15 is 0 Å². The molecule has 7 unspecified atom stereocenters. The first-order chi connectivity index (χ1) is 32.7. The molecule has 67 heavy (non-hydrogen) atoms. The van der Waals surface area contributed by atoms with E-state index in [0.29, 0.717) is 19.4 Å². The minimum absolute atomic E-state index is 0.0555. The van der Waals surface area contributed by atoms with Gasteiger partial charge >= 0.3 is 5.97 Å². The molecule has 1 saturated heterocycles. The highest BCUT2D eigenvalue weighted by atomic mass is 16.7. The van der Waals surface area contributed by atoms with Gasteiger partial charge in [-0.2, -0.15) is 0 Å². The zero-order valence-electron chi connectivity index (χ0n) is 42.1. The molecule has 386 valence electrons. The van der Waals surface area contributed by atoms with Crippen molar-refractivity contribution >= 4 is 11.9 Å². The molecule has 1 heterocycles. The summed E-state index contributed by atoms with van der Waals surface area (Å²) in [6, 6.07) is -0.873. The van der Waals surface area contributed by atoms with Gasteiger partial charge in [0.2, 0.25) is 5.91 Å². The Balaban J connectivity index is 2.18. The largest absolute Gasteiger partial charge is 0.466 e. The summed E-state index contributed by atoms with van der Waals surface area (Å²) in [6.07, 6.45) is 48.6. The maximum atomic E-state index is 12.9. The van der Waals surface area contributed by atoms with Gasteiger partial charge in [0.1, 0.15) is 24.4 Å². The van der Waals surface area contributed by atoms with Crippen molar-refractivity contribution in [2.45, 2.75) is 249 Å². The lowest BCUT2D eigenvalue weighted by atomic mass is 9.99. The van der Waals surface area contributed by atoms with Crippen molar-refractivity contribution in [2.24, 2.45) is 0 Å². The molecular formula is C56H97NO10. The number of hydrogen-bond donors (Lipinski definition) is 6. The Kier molecular flexibility index (Phi) is 42.2. The van der Waals surface area contributed by atoms with Crippen LogP contribution in [-0.2, 0) is 23.8 Å². The number of unbranched alkanes of at least 4 members (excludes halogenated alkanes) is 20. The molecule has 0 aromatic heterocycles. The zero-order valence-corrected chi connectivity index (χ0v) is 42.1. The number of ether oxygens (including phenoxy) is 3. The molecule has 1 aliphatic heterocycles. The van der Waals surface area contributed by atoms with Gasteiger partial charge in [-0.15, -0.1) is 0 Å². The highest BCUT2D eigenvalue weighted by molar-refractivity contribution is 5.76. The SMILES string of the molecule is CCCCCC/C=C\C/C=C\CCCCCCCC(=O)OCCCCCCCC/C=C\C/C=C\CCC(=O)NC(COC1OC(CO)C(O)C(O)C1O)C(O)/C=C/CC/C=C/CCCCCC. The van der Waals surface area contributed by atoms with E-state index in [0.717, 1.165) is 83.5 Å². The molecule has 1 aliphatic rings. The van der Waals surface area contributed by atoms with Gasteiger partial charge in [0.15, 0.2) is 6.29 Å². The molecule has 1 fully saturated rings. The third kappa shape index (κ3) is 35.8. The van der Waals surface area contributed by atoms with Crippen LogP contribution in [0.25, 0.3) is 0 Å². The summed E-state index contributed by atoms with van der Waals surface area (Å²) in [5.74, 6) is -0.333. The monoisotopic (exact) mass is 944 g/mol. The molecule has 7 atom stereocenters. The number of carbonyl (C=O) groups excluding carboxylic acids is 2. The smallest absolute Gasteiger partial charge is 0.305 e. The number of esters is 1. The Hall–Kier alpha value is -2.90. The molecule has 0 radical (unpaired) electrons. The molecule has 0 saturated carbocycles. The van der Waals surface area contributed by atoms with Crippen LogP contribution in [0.4, 0.5) is 0 Å². The second-order valence-electron chi connectivity index (χ2n) is 18.2. The molecular weight excluding hydrogens is 847 g/mol. The van der Waals surface area contributed by atoms with E-state index in [1.165, 1.54) is 89.9 Å². The molecule has 1 amide bonds. The second kappa shape index (κ2) is 45.5. The van der Waals surface area contributed by atoms with E-state index in [4.69, 9.17) is 14.2 Å². The number of carbonyl (C=O) groups is 2. The maximum Gasteiger partial charge on any atom is 0.305 e. The number of hydrogen-bond acceptors (Lipinski definition) is 10. The van der Waals surface area contributed by atoms with Gasteiger partial charge in [0, 0.05) is 12.8 Å². The summed E-state index contributed by atoms with van der Waals surface area (Å²) in [6.45, 7) is 4.15. The van der Waals surface area contributed by atoms with Crippen LogP contribution in [0, 0.1) is 0 Å². The van der Waals surface area contributed by atoms with E-state index < -0.39 is 49.5 Å². The molecule has 0 aliphatic carbocycles. The third-order valence-corrected chi connectivity index (χ3v) is 12.0. The van der Waals surface area contributed by atoms with Crippen molar-refractivity contribution in [3.63, 3.8) is 0 Å². The van der Waals surface area contributed by atoms with Crippen LogP contribution in [-0.4, -0.2) is 100 Å². The first-order valence-corrected chi connectivity index (χ1v) is 26.7.